The number of anilines is 2. The molecular formula is C34H37N3O5. The van der Waals surface area contributed by atoms with E-state index in [4.69, 9.17) is 14.2 Å². The average Bonchev–Trinajstić information content (AvgIpc) is 2.98. The summed E-state index contributed by atoms with van der Waals surface area (Å²) in [6, 6.07) is 27.9. The van der Waals surface area contributed by atoms with Gasteiger partial charge in [-0.2, -0.15) is 0 Å². The molecule has 0 radical (unpaired) electrons. The van der Waals surface area contributed by atoms with Crippen molar-refractivity contribution >= 4 is 23.4 Å². The molecule has 4 aromatic rings. The van der Waals surface area contributed by atoms with Crippen LogP contribution in [0.4, 0.5) is 16.2 Å². The van der Waals surface area contributed by atoms with Crippen LogP contribution in [0.25, 0.3) is 11.1 Å². The highest BCUT2D eigenvalue weighted by Crippen LogP contribution is 2.27. The van der Waals surface area contributed by atoms with Gasteiger partial charge < -0.3 is 19.5 Å². The van der Waals surface area contributed by atoms with E-state index >= 15 is 0 Å². The third-order valence-corrected chi connectivity index (χ3v) is 6.26. The molecule has 0 spiro atoms. The Bertz CT molecular complexity index is 1450. The van der Waals surface area contributed by atoms with E-state index in [1.165, 1.54) is 0 Å². The quantitative estimate of drug-likeness (QED) is 0.196. The van der Waals surface area contributed by atoms with Crippen molar-refractivity contribution < 1.29 is 23.8 Å². The van der Waals surface area contributed by atoms with Gasteiger partial charge in [0.1, 0.15) is 18.0 Å². The molecule has 0 saturated heterocycles. The Morgan fingerprint density at radius 2 is 1.57 bits per heavy atom. The van der Waals surface area contributed by atoms with Gasteiger partial charge in [-0.25, -0.2) is 4.79 Å². The molecule has 0 bridgehead atoms. The fraction of sp³-hybridized carbons (Fsp3) is 0.265. The molecule has 8 heteroatoms. The summed E-state index contributed by atoms with van der Waals surface area (Å²) in [4.78, 5) is 32.4. The highest BCUT2D eigenvalue weighted by Gasteiger charge is 2.23. The lowest BCUT2D eigenvalue weighted by molar-refractivity contribution is 0.0580. The van der Waals surface area contributed by atoms with Crippen molar-refractivity contribution in [3.8, 4) is 16.9 Å². The van der Waals surface area contributed by atoms with Gasteiger partial charge in [0.2, 0.25) is 0 Å². The standard InChI is InChI=1S/C34H37N3O5/c1-34(2,3)42-33(39)37(22-20-26-9-7-8-21-35-26)28-16-14-27(15-17-28)36-32(38)31-11-6-5-10-30(31)25-12-18-29(19-13-25)41-24-23-40-4/h5-19,21H,20,22-24H2,1-4H3,(H,36,38). The molecule has 0 saturated carbocycles. The summed E-state index contributed by atoms with van der Waals surface area (Å²) < 4.78 is 16.3. The number of aromatic nitrogens is 1. The molecule has 0 atom stereocenters. The first kappa shape index (κ1) is 30.3. The van der Waals surface area contributed by atoms with Gasteiger partial charge in [-0.3, -0.25) is 14.7 Å². The SMILES string of the molecule is COCCOc1ccc(-c2ccccc2C(=O)Nc2ccc(N(CCc3ccccn3)C(=O)OC(C)(C)C)cc2)cc1. The number of carbonyl (C=O) groups is 2. The van der Waals surface area contributed by atoms with E-state index in [1.54, 1.807) is 48.5 Å². The van der Waals surface area contributed by atoms with Gasteiger partial charge in [-0.05, 0) is 86.5 Å². The second-order valence-corrected chi connectivity index (χ2v) is 10.6. The molecule has 0 aliphatic rings. The van der Waals surface area contributed by atoms with Gasteiger partial charge >= 0.3 is 6.09 Å². The molecule has 0 fully saturated rings. The van der Waals surface area contributed by atoms with Crippen LogP contribution in [-0.4, -0.2) is 49.5 Å². The molecule has 2 amide bonds. The Labute approximate surface area is 247 Å². The Hall–Kier alpha value is -4.69. The second kappa shape index (κ2) is 14.3. The number of hydrogen-bond acceptors (Lipinski definition) is 6. The van der Waals surface area contributed by atoms with Gasteiger partial charge in [0.15, 0.2) is 0 Å². The molecule has 218 valence electrons. The second-order valence-electron chi connectivity index (χ2n) is 10.6. The van der Waals surface area contributed by atoms with Crippen LogP contribution in [0, 0.1) is 0 Å². The molecule has 0 aliphatic carbocycles. The number of methoxy groups -OCH3 is 1. The number of nitrogens with zero attached hydrogens (tertiary/aromatic N) is 2. The number of nitrogens with one attached hydrogen (secondary N) is 1. The molecule has 0 aliphatic heterocycles. The number of amides is 2. The van der Waals surface area contributed by atoms with Crippen LogP contribution in [0.2, 0.25) is 0 Å². The van der Waals surface area contributed by atoms with Crippen LogP contribution in [0.15, 0.2) is 97.2 Å². The Balaban J connectivity index is 1.48. The van der Waals surface area contributed by atoms with Crippen molar-refractivity contribution in [2.75, 3.05) is 37.1 Å². The fourth-order valence-electron chi connectivity index (χ4n) is 4.24. The summed E-state index contributed by atoms with van der Waals surface area (Å²) in [5, 5.41) is 2.98. The molecular weight excluding hydrogens is 530 g/mol. The molecule has 1 heterocycles. The van der Waals surface area contributed by atoms with Crippen molar-refractivity contribution in [1.82, 2.24) is 4.98 Å². The molecule has 1 aromatic heterocycles. The van der Waals surface area contributed by atoms with Gasteiger partial charge in [0.05, 0.1) is 6.61 Å². The average molecular weight is 568 g/mol. The van der Waals surface area contributed by atoms with Crippen molar-refractivity contribution in [2.24, 2.45) is 0 Å². The number of hydrogen-bond donors (Lipinski definition) is 1. The highest BCUT2D eigenvalue weighted by molar-refractivity contribution is 6.08. The summed E-state index contributed by atoms with van der Waals surface area (Å²) >= 11 is 0. The van der Waals surface area contributed by atoms with Crippen LogP contribution in [0.3, 0.4) is 0 Å². The van der Waals surface area contributed by atoms with Crippen LogP contribution in [0.5, 0.6) is 5.75 Å². The number of benzene rings is 3. The minimum Gasteiger partial charge on any atom is -0.491 e. The maximum absolute atomic E-state index is 13.4. The first-order chi connectivity index (χ1) is 20.2. The van der Waals surface area contributed by atoms with Crippen molar-refractivity contribution in [3.63, 3.8) is 0 Å². The summed E-state index contributed by atoms with van der Waals surface area (Å²) in [5.41, 5.74) is 3.75. The first-order valence-corrected chi connectivity index (χ1v) is 13.9. The summed E-state index contributed by atoms with van der Waals surface area (Å²) in [7, 11) is 1.63. The molecule has 1 N–H and O–H groups in total. The van der Waals surface area contributed by atoms with E-state index in [-0.39, 0.29) is 5.91 Å². The van der Waals surface area contributed by atoms with Gasteiger partial charge in [-0.1, -0.05) is 36.4 Å². The van der Waals surface area contributed by atoms with E-state index < -0.39 is 11.7 Å². The smallest absolute Gasteiger partial charge is 0.414 e. The lowest BCUT2D eigenvalue weighted by Gasteiger charge is -2.27. The first-order valence-electron chi connectivity index (χ1n) is 13.9. The largest absolute Gasteiger partial charge is 0.491 e. The van der Waals surface area contributed by atoms with Crippen molar-refractivity contribution in [3.05, 3.63) is 108 Å². The maximum atomic E-state index is 13.4. The third kappa shape index (κ3) is 8.65. The van der Waals surface area contributed by atoms with Crippen LogP contribution in [0.1, 0.15) is 36.8 Å². The van der Waals surface area contributed by atoms with E-state index in [9.17, 15) is 9.59 Å². The van der Waals surface area contributed by atoms with Gasteiger partial charge in [0.25, 0.3) is 5.91 Å². The fourth-order valence-corrected chi connectivity index (χ4v) is 4.24. The molecule has 0 unspecified atom stereocenters. The van der Waals surface area contributed by atoms with Crippen LogP contribution < -0.4 is 15.0 Å². The topological polar surface area (TPSA) is 90.0 Å². The minimum absolute atomic E-state index is 0.238. The Morgan fingerprint density at radius 1 is 0.857 bits per heavy atom. The zero-order chi connectivity index (χ0) is 30.0. The molecule has 42 heavy (non-hydrogen) atoms. The molecule has 3 aromatic carbocycles. The lowest BCUT2D eigenvalue weighted by Crippen LogP contribution is -2.38. The van der Waals surface area contributed by atoms with Crippen LogP contribution >= 0.6 is 0 Å². The monoisotopic (exact) mass is 567 g/mol. The predicted molar refractivity (Wildman–Crippen MR) is 165 cm³/mol. The minimum atomic E-state index is -0.640. The Morgan fingerprint density at radius 3 is 2.24 bits per heavy atom. The Kier molecular flexibility index (Phi) is 10.3. The summed E-state index contributed by atoms with van der Waals surface area (Å²) in [6.45, 7) is 6.88. The number of rotatable bonds is 11. The third-order valence-electron chi connectivity index (χ3n) is 6.26. The van der Waals surface area contributed by atoms with Gasteiger partial charge in [0, 0.05) is 48.9 Å². The van der Waals surface area contributed by atoms with Crippen molar-refractivity contribution in [2.45, 2.75) is 32.8 Å². The predicted octanol–water partition coefficient (Wildman–Crippen LogP) is 7.01. The highest BCUT2D eigenvalue weighted by atomic mass is 16.6. The maximum Gasteiger partial charge on any atom is 0.414 e. The molecule has 4 rings (SSSR count). The van der Waals surface area contributed by atoms with Crippen LogP contribution in [-0.2, 0) is 15.9 Å². The number of pyridine rings is 1. The van der Waals surface area contributed by atoms with Gasteiger partial charge in [-0.15, -0.1) is 0 Å². The van der Waals surface area contributed by atoms with Crippen molar-refractivity contribution in [1.29, 1.82) is 0 Å². The van der Waals surface area contributed by atoms with E-state index in [2.05, 4.69) is 10.3 Å². The normalized spacial score (nSPS) is 11.0. The van der Waals surface area contributed by atoms with E-state index in [0.29, 0.717) is 43.1 Å². The number of carbonyl (C=O) groups excluding carboxylic acids is 2. The molecule has 8 nitrogen and oxygen atoms in total. The summed E-state index contributed by atoms with van der Waals surface area (Å²) in [6.07, 6.45) is 1.85. The number of ether oxygens (including phenoxy) is 3. The zero-order valence-electron chi connectivity index (χ0n) is 24.5. The van der Waals surface area contributed by atoms with E-state index in [0.717, 1.165) is 22.6 Å². The lowest BCUT2D eigenvalue weighted by atomic mass is 9.99. The summed E-state index contributed by atoms with van der Waals surface area (Å²) in [5.74, 6) is 0.496. The zero-order valence-corrected chi connectivity index (χ0v) is 24.5. The van der Waals surface area contributed by atoms with E-state index in [1.807, 2.05) is 81.4 Å².